The molecule has 5 nitrogen and oxygen atoms in total. The van der Waals surface area contributed by atoms with E-state index in [1.165, 1.54) is 4.90 Å². The molecule has 0 heterocycles. The third-order valence-corrected chi connectivity index (χ3v) is 2.08. The van der Waals surface area contributed by atoms with E-state index in [0.717, 1.165) is 6.42 Å². The highest BCUT2D eigenvalue weighted by molar-refractivity contribution is 5.83. The Hall–Kier alpha value is -1.26. The fourth-order valence-electron chi connectivity index (χ4n) is 1.03. The van der Waals surface area contributed by atoms with Crippen LogP contribution in [0.4, 0.5) is 4.79 Å². The minimum atomic E-state index is -0.135. The fraction of sp³-hybridized carbons (Fsp3) is 0.800. The maximum Gasteiger partial charge on any atom is 0.319 e. The molecule has 0 aromatic rings. The second kappa shape index (κ2) is 7.09. The number of likely N-dealkylation sites (N-methyl/N-ethyl adjacent to an activating group) is 1. The summed E-state index contributed by atoms with van der Waals surface area (Å²) in [6.07, 6.45) is 0.901. The smallest absolute Gasteiger partial charge is 0.319 e. The van der Waals surface area contributed by atoms with Gasteiger partial charge >= 0.3 is 6.03 Å². The summed E-state index contributed by atoms with van der Waals surface area (Å²) in [4.78, 5) is 25.8. The van der Waals surface area contributed by atoms with Crippen LogP contribution in [-0.2, 0) is 4.79 Å². The molecule has 0 saturated carbocycles. The molecule has 0 atom stereocenters. The highest BCUT2D eigenvalue weighted by Gasteiger charge is 2.14. The van der Waals surface area contributed by atoms with Crippen LogP contribution in [0.5, 0.6) is 0 Å². The van der Waals surface area contributed by atoms with Gasteiger partial charge in [0.05, 0.1) is 0 Å². The quantitative estimate of drug-likeness (QED) is 0.726. The molecule has 88 valence electrons. The van der Waals surface area contributed by atoms with Crippen LogP contribution in [0, 0.1) is 0 Å². The zero-order valence-electron chi connectivity index (χ0n) is 10.0. The number of carbonyl (C=O) groups excluding carboxylic acids is 2. The minimum Gasteiger partial charge on any atom is -0.355 e. The van der Waals surface area contributed by atoms with E-state index in [4.69, 9.17) is 0 Å². The van der Waals surface area contributed by atoms with Crippen LogP contribution in [0.25, 0.3) is 0 Å². The summed E-state index contributed by atoms with van der Waals surface area (Å²) < 4.78 is 0. The van der Waals surface area contributed by atoms with Crippen molar-refractivity contribution in [2.24, 2.45) is 0 Å². The van der Waals surface area contributed by atoms with Gasteiger partial charge in [0.2, 0.25) is 5.91 Å². The highest BCUT2D eigenvalue weighted by Crippen LogP contribution is 1.92. The van der Waals surface area contributed by atoms with Gasteiger partial charge in [-0.2, -0.15) is 0 Å². The highest BCUT2D eigenvalue weighted by atomic mass is 16.2. The summed E-state index contributed by atoms with van der Waals surface area (Å²) in [6, 6.07) is -0.135. The van der Waals surface area contributed by atoms with Gasteiger partial charge in [0.1, 0.15) is 6.54 Å². The Morgan fingerprint density at radius 1 is 1.13 bits per heavy atom. The number of nitrogens with one attached hydrogen (secondary N) is 1. The molecule has 0 bridgehead atoms. The van der Waals surface area contributed by atoms with Crippen LogP contribution >= 0.6 is 0 Å². The molecule has 0 aromatic carbocycles. The third kappa shape index (κ3) is 5.24. The number of rotatable bonds is 5. The Morgan fingerprint density at radius 2 is 1.73 bits per heavy atom. The van der Waals surface area contributed by atoms with Gasteiger partial charge in [0, 0.05) is 27.2 Å². The summed E-state index contributed by atoms with van der Waals surface area (Å²) in [6.45, 7) is 5.29. The van der Waals surface area contributed by atoms with Gasteiger partial charge in [-0.25, -0.2) is 4.79 Å². The molecule has 0 radical (unpaired) electrons. The molecule has 0 aliphatic rings. The molecule has 0 saturated heterocycles. The predicted molar refractivity (Wildman–Crippen MR) is 59.6 cm³/mol. The number of hydrogen-bond acceptors (Lipinski definition) is 2. The van der Waals surface area contributed by atoms with E-state index in [1.807, 2.05) is 13.8 Å². The van der Waals surface area contributed by atoms with Crippen molar-refractivity contribution in [2.75, 3.05) is 33.7 Å². The van der Waals surface area contributed by atoms with E-state index < -0.39 is 0 Å². The molecular formula is C10H21N3O2. The molecule has 0 unspecified atom stereocenters. The first kappa shape index (κ1) is 13.7. The van der Waals surface area contributed by atoms with E-state index in [1.54, 1.807) is 19.0 Å². The molecule has 15 heavy (non-hydrogen) atoms. The number of hydrogen-bond donors (Lipinski definition) is 1. The topological polar surface area (TPSA) is 52.7 Å². The summed E-state index contributed by atoms with van der Waals surface area (Å²) in [5.41, 5.74) is 0. The van der Waals surface area contributed by atoms with E-state index in [0.29, 0.717) is 13.1 Å². The van der Waals surface area contributed by atoms with Crippen LogP contribution in [0.2, 0.25) is 0 Å². The van der Waals surface area contributed by atoms with Gasteiger partial charge in [-0.3, -0.25) is 4.79 Å². The molecule has 0 aliphatic carbocycles. The van der Waals surface area contributed by atoms with E-state index >= 15 is 0 Å². The molecule has 3 amide bonds. The van der Waals surface area contributed by atoms with Crippen molar-refractivity contribution in [3.63, 3.8) is 0 Å². The Labute approximate surface area is 91.4 Å². The number of urea groups is 1. The average Bonchev–Trinajstić information content (AvgIpc) is 2.23. The lowest BCUT2D eigenvalue weighted by Gasteiger charge is -2.23. The minimum absolute atomic E-state index is 0.114. The van der Waals surface area contributed by atoms with Crippen LogP contribution in [0.1, 0.15) is 20.3 Å². The van der Waals surface area contributed by atoms with Crippen LogP contribution in [0.15, 0.2) is 0 Å². The van der Waals surface area contributed by atoms with Crippen molar-refractivity contribution in [3.05, 3.63) is 0 Å². The predicted octanol–water partition coefficient (Wildman–Crippen LogP) is 0.516. The van der Waals surface area contributed by atoms with E-state index in [2.05, 4.69) is 5.32 Å². The SMILES string of the molecule is CCCNC(=O)CN(C)C(=O)N(C)CC. The van der Waals surface area contributed by atoms with Crippen molar-refractivity contribution in [3.8, 4) is 0 Å². The summed E-state index contributed by atoms with van der Waals surface area (Å²) in [5.74, 6) is -0.114. The molecule has 0 aliphatic heterocycles. The van der Waals surface area contributed by atoms with Crippen LogP contribution < -0.4 is 5.32 Å². The number of carbonyl (C=O) groups is 2. The fourth-order valence-corrected chi connectivity index (χ4v) is 1.03. The zero-order valence-corrected chi connectivity index (χ0v) is 10.0. The van der Waals surface area contributed by atoms with Crippen molar-refractivity contribution < 1.29 is 9.59 Å². The molecule has 0 aromatic heterocycles. The molecule has 0 rings (SSSR count). The third-order valence-electron chi connectivity index (χ3n) is 2.08. The first-order valence-corrected chi connectivity index (χ1v) is 5.25. The lowest BCUT2D eigenvalue weighted by molar-refractivity contribution is -0.121. The van der Waals surface area contributed by atoms with Crippen molar-refractivity contribution >= 4 is 11.9 Å². The van der Waals surface area contributed by atoms with Gasteiger partial charge in [-0.15, -0.1) is 0 Å². The Bertz CT molecular complexity index is 219. The summed E-state index contributed by atoms with van der Waals surface area (Å²) in [7, 11) is 3.34. The summed E-state index contributed by atoms with van der Waals surface area (Å²) >= 11 is 0. The molecule has 0 spiro atoms. The van der Waals surface area contributed by atoms with Gasteiger partial charge in [0.25, 0.3) is 0 Å². The van der Waals surface area contributed by atoms with Crippen LogP contribution in [0.3, 0.4) is 0 Å². The maximum absolute atomic E-state index is 11.6. The monoisotopic (exact) mass is 215 g/mol. The standard InChI is InChI=1S/C10H21N3O2/c1-5-7-11-9(14)8-13(4)10(15)12(3)6-2/h5-8H2,1-4H3,(H,11,14). The lowest BCUT2D eigenvalue weighted by Crippen LogP contribution is -2.44. The van der Waals surface area contributed by atoms with Gasteiger partial charge < -0.3 is 15.1 Å². The molecule has 0 fully saturated rings. The summed E-state index contributed by atoms with van der Waals surface area (Å²) in [5, 5.41) is 2.72. The van der Waals surface area contributed by atoms with Crippen molar-refractivity contribution in [1.29, 1.82) is 0 Å². The van der Waals surface area contributed by atoms with Crippen LogP contribution in [-0.4, -0.2) is 55.5 Å². The van der Waals surface area contributed by atoms with Gasteiger partial charge in [-0.1, -0.05) is 6.92 Å². The van der Waals surface area contributed by atoms with E-state index in [9.17, 15) is 9.59 Å². The lowest BCUT2D eigenvalue weighted by atomic mass is 10.4. The molecular weight excluding hydrogens is 194 g/mol. The Balaban J connectivity index is 3.96. The first-order chi connectivity index (χ1) is 7.02. The maximum atomic E-state index is 11.6. The normalized spacial score (nSPS) is 9.60. The number of nitrogens with zero attached hydrogens (tertiary/aromatic N) is 2. The van der Waals surface area contributed by atoms with Gasteiger partial charge in [0.15, 0.2) is 0 Å². The van der Waals surface area contributed by atoms with Crippen molar-refractivity contribution in [1.82, 2.24) is 15.1 Å². The zero-order chi connectivity index (χ0) is 11.8. The molecule has 5 heteroatoms. The van der Waals surface area contributed by atoms with Crippen molar-refractivity contribution in [2.45, 2.75) is 20.3 Å². The second-order valence-corrected chi connectivity index (χ2v) is 3.50. The Morgan fingerprint density at radius 3 is 2.20 bits per heavy atom. The second-order valence-electron chi connectivity index (χ2n) is 3.50. The average molecular weight is 215 g/mol. The Kier molecular flexibility index (Phi) is 6.49. The largest absolute Gasteiger partial charge is 0.355 e. The molecule has 1 N–H and O–H groups in total. The van der Waals surface area contributed by atoms with E-state index in [-0.39, 0.29) is 18.5 Å². The number of amides is 3. The van der Waals surface area contributed by atoms with Gasteiger partial charge in [-0.05, 0) is 13.3 Å². The first-order valence-electron chi connectivity index (χ1n) is 5.25.